The Morgan fingerprint density at radius 3 is 1.09 bits per heavy atom. The highest BCUT2D eigenvalue weighted by Gasteiger charge is 2.51. The molecule has 0 aromatic carbocycles. The van der Waals surface area contributed by atoms with Crippen LogP contribution in [0.25, 0.3) is 0 Å². The van der Waals surface area contributed by atoms with Gasteiger partial charge in [0.1, 0.15) is 0 Å². The van der Waals surface area contributed by atoms with Crippen LogP contribution in [0.2, 0.25) is 0 Å². The normalized spacial score (nSPS) is 14.9. The minimum absolute atomic E-state index is 3.62. The fourth-order valence-corrected chi connectivity index (χ4v) is 1.20. The van der Waals surface area contributed by atoms with E-state index in [0.717, 1.165) is 0 Å². The summed E-state index contributed by atoms with van der Waals surface area (Å²) in [7, 11) is -10.5. The van der Waals surface area contributed by atoms with Crippen LogP contribution < -0.4 is 0 Å². The standard InChI is InChI=1S/CH2Cl2O6S2/c2-1(3,10(4,5)6)11(7,8)9/h(H,4,5,6)(H,7,8,9). The molecular weight excluding hydrogens is 243 g/mol. The highest BCUT2D eigenvalue weighted by atomic mass is 35.5. The van der Waals surface area contributed by atoms with Gasteiger partial charge in [0.15, 0.2) is 0 Å². The minimum Gasteiger partial charge on any atom is -0.282 e. The first kappa shape index (κ1) is 11.4. The Morgan fingerprint density at radius 1 is 0.909 bits per heavy atom. The number of halogens is 2. The maximum atomic E-state index is 10.1. The molecule has 6 nitrogen and oxygen atoms in total. The van der Waals surface area contributed by atoms with E-state index in [2.05, 4.69) is 23.2 Å². The Kier molecular flexibility index (Phi) is 2.81. The van der Waals surface area contributed by atoms with Crippen LogP contribution in [0.1, 0.15) is 0 Å². The maximum absolute atomic E-state index is 10.1. The van der Waals surface area contributed by atoms with E-state index in [1.54, 1.807) is 0 Å². The second-order valence-electron chi connectivity index (χ2n) is 1.41. The first-order valence-electron chi connectivity index (χ1n) is 1.82. The molecule has 0 aromatic rings. The van der Waals surface area contributed by atoms with E-state index in [-0.39, 0.29) is 0 Å². The van der Waals surface area contributed by atoms with Crippen molar-refractivity contribution < 1.29 is 25.9 Å². The van der Waals surface area contributed by atoms with Gasteiger partial charge in [0.2, 0.25) is 0 Å². The second-order valence-corrected chi connectivity index (χ2v) is 7.02. The summed E-state index contributed by atoms with van der Waals surface area (Å²) in [5.41, 5.74) is 0. The summed E-state index contributed by atoms with van der Waals surface area (Å²) in [6.45, 7) is 0. The Balaban J connectivity index is 5.45. The Bertz CT molecular complexity index is 301. The molecule has 0 aromatic heterocycles. The summed E-state index contributed by atoms with van der Waals surface area (Å²) in [6.07, 6.45) is 0. The minimum atomic E-state index is -5.27. The molecule has 0 unspecified atom stereocenters. The lowest BCUT2D eigenvalue weighted by atomic mass is 11.8. The number of rotatable bonds is 2. The van der Waals surface area contributed by atoms with Crippen LogP contribution >= 0.6 is 23.2 Å². The van der Waals surface area contributed by atoms with Crippen LogP contribution in [-0.2, 0) is 20.2 Å². The summed E-state index contributed by atoms with van der Waals surface area (Å²) < 4.78 is 52.7. The van der Waals surface area contributed by atoms with Crippen molar-refractivity contribution in [3.63, 3.8) is 0 Å². The van der Waals surface area contributed by atoms with Gasteiger partial charge in [-0.3, -0.25) is 9.11 Å². The molecule has 0 saturated carbocycles. The quantitative estimate of drug-likeness (QED) is 0.517. The van der Waals surface area contributed by atoms with Gasteiger partial charge in [-0.25, -0.2) is 0 Å². The molecular formula is CH2Cl2O6S2. The van der Waals surface area contributed by atoms with Crippen LogP contribution in [0.4, 0.5) is 0 Å². The SMILES string of the molecule is O=S(=O)(O)C(Cl)(Cl)S(=O)(=O)O. The molecule has 0 saturated heterocycles. The predicted octanol–water partition coefficient (Wildman–Crippen LogP) is -0.149. The van der Waals surface area contributed by atoms with Gasteiger partial charge < -0.3 is 0 Å². The Morgan fingerprint density at radius 2 is 1.09 bits per heavy atom. The first-order chi connectivity index (χ1) is 4.50. The summed E-state index contributed by atoms with van der Waals surface area (Å²) in [6, 6.07) is 0. The molecule has 0 heterocycles. The summed E-state index contributed by atoms with van der Waals surface area (Å²) >= 11 is 9.16. The van der Waals surface area contributed by atoms with Crippen LogP contribution in [0.15, 0.2) is 0 Å². The van der Waals surface area contributed by atoms with E-state index in [4.69, 9.17) is 9.11 Å². The summed E-state index contributed by atoms with van der Waals surface area (Å²) in [5.74, 6) is 0. The molecule has 0 spiro atoms. The zero-order chi connectivity index (χ0) is 9.50. The molecule has 2 N–H and O–H groups in total. The van der Waals surface area contributed by atoms with Gasteiger partial charge in [-0.15, -0.1) is 0 Å². The predicted molar refractivity (Wildman–Crippen MR) is 37.5 cm³/mol. The average molecular weight is 245 g/mol. The van der Waals surface area contributed by atoms with E-state index in [1.807, 2.05) is 0 Å². The van der Waals surface area contributed by atoms with E-state index >= 15 is 0 Å². The van der Waals surface area contributed by atoms with Gasteiger partial charge in [-0.1, -0.05) is 23.2 Å². The third-order valence-corrected chi connectivity index (χ3v) is 5.41. The first-order valence-corrected chi connectivity index (χ1v) is 5.45. The van der Waals surface area contributed by atoms with Gasteiger partial charge in [-0.2, -0.15) is 16.8 Å². The number of hydrogen-bond acceptors (Lipinski definition) is 4. The number of alkyl halides is 2. The molecule has 0 atom stereocenters. The highest BCUT2D eigenvalue weighted by molar-refractivity contribution is 8.09. The summed E-state index contributed by atoms with van der Waals surface area (Å²) in [4.78, 5) is 0. The Hall–Kier alpha value is 0.400. The van der Waals surface area contributed by atoms with Crippen molar-refractivity contribution in [2.24, 2.45) is 0 Å². The molecule has 0 aliphatic heterocycles. The zero-order valence-electron chi connectivity index (χ0n) is 4.60. The van der Waals surface area contributed by atoms with Crippen molar-refractivity contribution in [3.8, 4) is 0 Å². The van der Waals surface area contributed by atoms with Crippen molar-refractivity contribution in [1.29, 1.82) is 0 Å². The highest BCUT2D eigenvalue weighted by Crippen LogP contribution is 2.32. The molecule has 0 aliphatic carbocycles. The largest absolute Gasteiger partial charge is 0.368 e. The van der Waals surface area contributed by atoms with Crippen LogP contribution in [0.3, 0.4) is 0 Å². The van der Waals surface area contributed by atoms with Gasteiger partial charge in [0, 0.05) is 0 Å². The van der Waals surface area contributed by atoms with Crippen molar-refractivity contribution >= 4 is 43.4 Å². The molecule has 0 amide bonds. The van der Waals surface area contributed by atoms with Crippen LogP contribution in [-0.4, -0.2) is 28.9 Å². The maximum Gasteiger partial charge on any atom is 0.368 e. The van der Waals surface area contributed by atoms with Crippen molar-refractivity contribution in [2.45, 2.75) is 3.00 Å². The van der Waals surface area contributed by atoms with E-state index < -0.39 is 23.2 Å². The van der Waals surface area contributed by atoms with Gasteiger partial charge in [0.05, 0.1) is 0 Å². The van der Waals surface area contributed by atoms with Crippen molar-refractivity contribution in [1.82, 2.24) is 0 Å². The molecule has 0 bridgehead atoms. The molecule has 0 aliphatic rings. The molecule has 0 rings (SSSR count). The fourth-order valence-electron chi connectivity index (χ4n) is 0.133. The van der Waals surface area contributed by atoms with Crippen LogP contribution in [0.5, 0.6) is 0 Å². The molecule has 10 heteroatoms. The fraction of sp³-hybridized carbons (Fsp3) is 1.00. The monoisotopic (exact) mass is 244 g/mol. The summed E-state index contributed by atoms with van der Waals surface area (Å²) in [5, 5.41) is 0. The second kappa shape index (κ2) is 2.71. The van der Waals surface area contributed by atoms with Crippen molar-refractivity contribution in [3.05, 3.63) is 0 Å². The Labute approximate surface area is 72.6 Å². The average Bonchev–Trinajstić information content (AvgIpc) is 1.58. The lowest BCUT2D eigenvalue weighted by Gasteiger charge is -2.10. The smallest absolute Gasteiger partial charge is 0.282 e. The lowest BCUT2D eigenvalue weighted by Crippen LogP contribution is -2.34. The third-order valence-electron chi connectivity index (χ3n) is 0.601. The molecule has 0 radical (unpaired) electrons. The van der Waals surface area contributed by atoms with E-state index in [0.29, 0.717) is 0 Å². The molecule has 68 valence electrons. The lowest BCUT2D eigenvalue weighted by molar-refractivity contribution is 0.462. The topological polar surface area (TPSA) is 109 Å². The van der Waals surface area contributed by atoms with Gasteiger partial charge >= 0.3 is 23.2 Å². The van der Waals surface area contributed by atoms with Gasteiger partial charge in [0.25, 0.3) is 0 Å². The van der Waals surface area contributed by atoms with Crippen molar-refractivity contribution in [2.75, 3.05) is 0 Å². The van der Waals surface area contributed by atoms with Crippen LogP contribution in [0, 0.1) is 0 Å². The molecule has 11 heavy (non-hydrogen) atoms. The van der Waals surface area contributed by atoms with E-state index in [9.17, 15) is 16.8 Å². The number of hydrogen-bond donors (Lipinski definition) is 2. The van der Waals surface area contributed by atoms with Gasteiger partial charge in [-0.05, 0) is 0 Å². The third kappa shape index (κ3) is 2.17. The molecule has 0 fully saturated rings. The van der Waals surface area contributed by atoms with E-state index in [1.165, 1.54) is 0 Å². The zero-order valence-corrected chi connectivity index (χ0v) is 7.74.